The fourth-order valence-corrected chi connectivity index (χ4v) is 2.44. The van der Waals surface area contributed by atoms with Crippen LogP contribution in [-0.4, -0.2) is 0 Å². The summed E-state index contributed by atoms with van der Waals surface area (Å²) in [6, 6.07) is 14.6. The van der Waals surface area contributed by atoms with Crippen molar-refractivity contribution < 1.29 is 4.39 Å². The van der Waals surface area contributed by atoms with Gasteiger partial charge in [0.2, 0.25) is 0 Å². The third kappa shape index (κ3) is 3.55. The molecule has 2 aromatic rings. The molecular weight excluding hydrogens is 261 g/mol. The molecule has 1 unspecified atom stereocenters. The zero-order chi connectivity index (χ0) is 13.8. The molecule has 1 nitrogen and oxygen atoms in total. The monoisotopic (exact) mass is 277 g/mol. The summed E-state index contributed by atoms with van der Waals surface area (Å²) in [5.74, 6) is -0.213. The van der Waals surface area contributed by atoms with Crippen molar-refractivity contribution in [2.75, 3.05) is 0 Å². The molecule has 1 N–H and O–H groups in total. The molecule has 0 bridgehead atoms. The van der Waals surface area contributed by atoms with Crippen LogP contribution in [-0.2, 0) is 0 Å². The predicted molar refractivity (Wildman–Crippen MR) is 77.8 cm³/mol. The van der Waals surface area contributed by atoms with E-state index in [1.807, 2.05) is 24.3 Å². The van der Waals surface area contributed by atoms with Crippen LogP contribution < -0.4 is 5.32 Å². The molecule has 0 saturated heterocycles. The Bertz CT molecular complexity index is 539. The highest BCUT2D eigenvalue weighted by Gasteiger charge is 2.13. The van der Waals surface area contributed by atoms with Crippen LogP contribution in [0.3, 0.4) is 0 Å². The lowest BCUT2D eigenvalue weighted by Gasteiger charge is -2.21. The van der Waals surface area contributed by atoms with E-state index >= 15 is 0 Å². The van der Waals surface area contributed by atoms with Crippen molar-refractivity contribution in [3.63, 3.8) is 0 Å². The van der Waals surface area contributed by atoms with Crippen molar-refractivity contribution in [1.82, 2.24) is 5.32 Å². The van der Waals surface area contributed by atoms with Crippen LogP contribution in [0.5, 0.6) is 0 Å². The number of halogens is 2. The zero-order valence-corrected chi connectivity index (χ0v) is 11.8. The average Bonchev–Trinajstić information content (AvgIpc) is 2.39. The van der Waals surface area contributed by atoms with Crippen LogP contribution in [0.25, 0.3) is 0 Å². The molecule has 0 aliphatic heterocycles. The standard InChI is InChI=1S/C16H17ClFN/c1-11(13-7-9-14(18)10-8-13)19-12(2)15-5-3-4-6-16(15)17/h3-12,19H,1-2H3/t11?,12-/m0/s1. The quantitative estimate of drug-likeness (QED) is 0.839. The van der Waals surface area contributed by atoms with Gasteiger partial charge in [-0.2, -0.15) is 0 Å². The second-order valence-corrected chi connectivity index (χ2v) is 5.09. The van der Waals surface area contributed by atoms with Gasteiger partial charge in [0.05, 0.1) is 0 Å². The third-order valence-corrected chi connectivity index (χ3v) is 3.59. The molecule has 0 spiro atoms. The maximum atomic E-state index is 12.9. The van der Waals surface area contributed by atoms with E-state index in [9.17, 15) is 4.39 Å². The highest BCUT2D eigenvalue weighted by Crippen LogP contribution is 2.25. The first-order valence-corrected chi connectivity index (χ1v) is 6.71. The van der Waals surface area contributed by atoms with E-state index in [2.05, 4.69) is 19.2 Å². The Kier molecular flexibility index (Phi) is 4.56. The zero-order valence-electron chi connectivity index (χ0n) is 11.0. The average molecular weight is 278 g/mol. The Hall–Kier alpha value is -1.38. The summed E-state index contributed by atoms with van der Waals surface area (Å²) in [6.45, 7) is 4.13. The maximum Gasteiger partial charge on any atom is 0.123 e. The van der Waals surface area contributed by atoms with E-state index in [-0.39, 0.29) is 17.9 Å². The van der Waals surface area contributed by atoms with E-state index in [0.29, 0.717) is 0 Å². The van der Waals surface area contributed by atoms with Crippen molar-refractivity contribution in [3.8, 4) is 0 Å². The Labute approximate surface area is 118 Å². The largest absolute Gasteiger partial charge is 0.304 e. The molecule has 0 aliphatic carbocycles. The van der Waals surface area contributed by atoms with E-state index < -0.39 is 0 Å². The first-order chi connectivity index (χ1) is 9.08. The van der Waals surface area contributed by atoms with E-state index in [4.69, 9.17) is 11.6 Å². The summed E-state index contributed by atoms with van der Waals surface area (Å²) in [4.78, 5) is 0. The van der Waals surface area contributed by atoms with Gasteiger partial charge in [-0.3, -0.25) is 0 Å². The number of hydrogen-bond acceptors (Lipinski definition) is 1. The molecule has 2 aromatic carbocycles. The Morgan fingerprint density at radius 1 is 0.947 bits per heavy atom. The Morgan fingerprint density at radius 2 is 1.58 bits per heavy atom. The highest BCUT2D eigenvalue weighted by atomic mass is 35.5. The van der Waals surface area contributed by atoms with Crippen LogP contribution in [0.4, 0.5) is 4.39 Å². The van der Waals surface area contributed by atoms with Crippen molar-refractivity contribution in [1.29, 1.82) is 0 Å². The van der Waals surface area contributed by atoms with Crippen LogP contribution in [0, 0.1) is 5.82 Å². The van der Waals surface area contributed by atoms with Gasteiger partial charge < -0.3 is 5.32 Å². The van der Waals surface area contributed by atoms with Crippen molar-refractivity contribution in [2.45, 2.75) is 25.9 Å². The fraction of sp³-hybridized carbons (Fsp3) is 0.250. The van der Waals surface area contributed by atoms with E-state index in [1.165, 1.54) is 12.1 Å². The lowest BCUT2D eigenvalue weighted by molar-refractivity contribution is 0.494. The Balaban J connectivity index is 2.08. The lowest BCUT2D eigenvalue weighted by Crippen LogP contribution is -2.22. The van der Waals surface area contributed by atoms with Gasteiger partial charge in [0.1, 0.15) is 5.82 Å². The number of nitrogens with one attached hydrogen (secondary N) is 1. The molecule has 19 heavy (non-hydrogen) atoms. The van der Waals surface area contributed by atoms with Crippen LogP contribution in [0.1, 0.15) is 37.1 Å². The van der Waals surface area contributed by atoms with Gasteiger partial charge in [0.15, 0.2) is 0 Å². The normalized spacial score (nSPS) is 14.1. The molecule has 3 heteroatoms. The van der Waals surface area contributed by atoms with Gasteiger partial charge in [0, 0.05) is 17.1 Å². The molecule has 0 saturated carbocycles. The molecule has 2 rings (SSSR count). The second-order valence-electron chi connectivity index (χ2n) is 4.68. The number of benzene rings is 2. The van der Waals surface area contributed by atoms with E-state index in [0.717, 1.165) is 16.1 Å². The van der Waals surface area contributed by atoms with Crippen LogP contribution >= 0.6 is 11.6 Å². The van der Waals surface area contributed by atoms with Gasteiger partial charge >= 0.3 is 0 Å². The molecule has 0 heterocycles. The fourth-order valence-electron chi connectivity index (χ4n) is 2.14. The summed E-state index contributed by atoms with van der Waals surface area (Å²) in [6.07, 6.45) is 0. The van der Waals surface area contributed by atoms with Crippen molar-refractivity contribution in [3.05, 3.63) is 70.5 Å². The molecule has 0 fully saturated rings. The highest BCUT2D eigenvalue weighted by molar-refractivity contribution is 6.31. The molecule has 0 aromatic heterocycles. The minimum atomic E-state index is -0.213. The number of hydrogen-bond donors (Lipinski definition) is 1. The first kappa shape index (κ1) is 14.0. The molecule has 0 aliphatic rings. The van der Waals surface area contributed by atoms with Crippen molar-refractivity contribution in [2.24, 2.45) is 0 Å². The summed E-state index contributed by atoms with van der Waals surface area (Å²) in [5.41, 5.74) is 2.12. The minimum absolute atomic E-state index is 0.131. The SMILES string of the molecule is CC(N[C@@H](C)c1ccccc1Cl)c1ccc(F)cc1. The first-order valence-electron chi connectivity index (χ1n) is 6.34. The minimum Gasteiger partial charge on any atom is -0.304 e. The van der Waals surface area contributed by atoms with Gasteiger partial charge in [-0.15, -0.1) is 0 Å². The molecular formula is C16H17ClFN. The molecule has 0 amide bonds. The summed E-state index contributed by atoms with van der Waals surface area (Å²) < 4.78 is 12.9. The smallest absolute Gasteiger partial charge is 0.123 e. The number of rotatable bonds is 4. The van der Waals surface area contributed by atoms with Gasteiger partial charge in [-0.05, 0) is 43.2 Å². The molecule has 0 radical (unpaired) electrons. The van der Waals surface area contributed by atoms with Crippen molar-refractivity contribution >= 4 is 11.6 Å². The molecule has 2 atom stereocenters. The molecule has 100 valence electrons. The predicted octanol–water partition coefficient (Wildman–Crippen LogP) is 4.89. The van der Waals surface area contributed by atoms with Crippen LogP contribution in [0.2, 0.25) is 5.02 Å². The van der Waals surface area contributed by atoms with Gasteiger partial charge in [0.25, 0.3) is 0 Å². The summed E-state index contributed by atoms with van der Waals surface area (Å²) in [7, 11) is 0. The summed E-state index contributed by atoms with van der Waals surface area (Å²) in [5, 5.41) is 4.22. The lowest BCUT2D eigenvalue weighted by atomic mass is 10.0. The Morgan fingerprint density at radius 3 is 2.21 bits per heavy atom. The van der Waals surface area contributed by atoms with Crippen LogP contribution in [0.15, 0.2) is 48.5 Å². The summed E-state index contributed by atoms with van der Waals surface area (Å²) >= 11 is 6.18. The topological polar surface area (TPSA) is 12.0 Å². The van der Waals surface area contributed by atoms with Gasteiger partial charge in [-0.1, -0.05) is 41.9 Å². The van der Waals surface area contributed by atoms with Gasteiger partial charge in [-0.25, -0.2) is 4.39 Å². The third-order valence-electron chi connectivity index (χ3n) is 3.24. The van der Waals surface area contributed by atoms with E-state index in [1.54, 1.807) is 12.1 Å². The second kappa shape index (κ2) is 6.18. The maximum absolute atomic E-state index is 12.9.